The van der Waals surface area contributed by atoms with Crippen LogP contribution in [0.2, 0.25) is 0 Å². The van der Waals surface area contributed by atoms with Gasteiger partial charge in [0.15, 0.2) is 0 Å². The molecule has 1 aliphatic rings. The van der Waals surface area contributed by atoms with Crippen LogP contribution in [0, 0.1) is 0 Å². The highest BCUT2D eigenvalue weighted by Gasteiger charge is 2.22. The quantitative estimate of drug-likeness (QED) is 0.682. The fourth-order valence-corrected chi connectivity index (χ4v) is 3.86. The van der Waals surface area contributed by atoms with Gasteiger partial charge in [-0.3, -0.25) is 4.79 Å². The zero-order valence-electron chi connectivity index (χ0n) is 15.2. The van der Waals surface area contributed by atoms with Crippen molar-refractivity contribution in [2.75, 3.05) is 33.3 Å². The molecule has 26 heavy (non-hydrogen) atoms. The van der Waals surface area contributed by atoms with Crippen molar-refractivity contribution in [2.45, 2.75) is 37.1 Å². The van der Waals surface area contributed by atoms with E-state index in [2.05, 4.69) is 10.0 Å². The van der Waals surface area contributed by atoms with Crippen molar-refractivity contribution < 1.29 is 17.9 Å². The Balaban J connectivity index is 0.00000338. The summed E-state index contributed by atoms with van der Waals surface area (Å²) in [5.74, 6) is 0.585. The molecule has 7 nitrogen and oxygen atoms in total. The van der Waals surface area contributed by atoms with E-state index >= 15 is 0 Å². The lowest BCUT2D eigenvalue weighted by atomic mass is 10.1. The number of ether oxygens (including phenoxy) is 1. The first-order valence-corrected chi connectivity index (χ1v) is 10.1. The Morgan fingerprint density at radius 2 is 1.88 bits per heavy atom. The van der Waals surface area contributed by atoms with Crippen molar-refractivity contribution in [3.8, 4) is 5.75 Å². The minimum absolute atomic E-state index is 0. The van der Waals surface area contributed by atoms with Crippen molar-refractivity contribution in [1.29, 1.82) is 0 Å². The van der Waals surface area contributed by atoms with Crippen molar-refractivity contribution in [3.05, 3.63) is 24.3 Å². The second kappa shape index (κ2) is 10.7. The average molecular weight is 406 g/mol. The first-order valence-electron chi connectivity index (χ1n) is 8.63. The number of carbonyl (C=O) groups excluding carboxylic acids is 1. The summed E-state index contributed by atoms with van der Waals surface area (Å²) in [6.45, 7) is 4.30. The lowest BCUT2D eigenvalue weighted by Gasteiger charge is -2.31. The molecule has 148 valence electrons. The molecule has 0 saturated carbocycles. The predicted molar refractivity (Wildman–Crippen MR) is 103 cm³/mol. The summed E-state index contributed by atoms with van der Waals surface area (Å²) in [6.07, 6.45) is 2.01. The smallest absolute Gasteiger partial charge is 0.240 e. The van der Waals surface area contributed by atoms with Gasteiger partial charge in [-0.2, -0.15) is 0 Å². The molecule has 1 fully saturated rings. The molecule has 9 heteroatoms. The first kappa shape index (κ1) is 22.7. The Morgan fingerprint density at radius 1 is 1.27 bits per heavy atom. The molecule has 0 unspecified atom stereocenters. The topological polar surface area (TPSA) is 87.7 Å². The van der Waals surface area contributed by atoms with Crippen molar-refractivity contribution >= 4 is 28.3 Å². The molecule has 1 aliphatic heterocycles. The number of piperidine rings is 1. The molecule has 1 saturated heterocycles. The highest BCUT2D eigenvalue weighted by molar-refractivity contribution is 7.89. The zero-order chi connectivity index (χ0) is 18.3. The van der Waals surface area contributed by atoms with Crippen molar-refractivity contribution in [3.63, 3.8) is 0 Å². The van der Waals surface area contributed by atoms with Crippen LogP contribution in [0.3, 0.4) is 0 Å². The molecule has 0 aromatic heterocycles. The second-order valence-electron chi connectivity index (χ2n) is 6.04. The SMILES string of the molecule is CCOc1ccc(S(=O)(=O)NCCC(=O)N(C)C2CCNCC2)cc1.Cl. The van der Waals surface area contributed by atoms with Crippen LogP contribution in [0.1, 0.15) is 26.2 Å². The number of sulfonamides is 1. The third-order valence-electron chi connectivity index (χ3n) is 4.33. The highest BCUT2D eigenvalue weighted by atomic mass is 35.5. The third-order valence-corrected chi connectivity index (χ3v) is 5.80. The summed E-state index contributed by atoms with van der Waals surface area (Å²) in [4.78, 5) is 14.1. The van der Waals surface area contributed by atoms with E-state index in [1.807, 2.05) is 6.92 Å². The summed E-state index contributed by atoms with van der Waals surface area (Å²) in [5.41, 5.74) is 0. The maximum atomic E-state index is 12.3. The van der Waals surface area contributed by atoms with Crippen molar-refractivity contribution in [1.82, 2.24) is 14.9 Å². The molecule has 0 spiro atoms. The van der Waals surface area contributed by atoms with E-state index in [0.29, 0.717) is 12.4 Å². The molecule has 1 amide bonds. The monoisotopic (exact) mass is 405 g/mol. The van der Waals surface area contributed by atoms with Gasteiger partial charge in [0.05, 0.1) is 11.5 Å². The van der Waals surface area contributed by atoms with Gasteiger partial charge in [-0.15, -0.1) is 12.4 Å². The molecular weight excluding hydrogens is 378 g/mol. The number of nitrogens with one attached hydrogen (secondary N) is 2. The van der Waals surface area contributed by atoms with Gasteiger partial charge in [-0.05, 0) is 57.1 Å². The lowest BCUT2D eigenvalue weighted by Crippen LogP contribution is -2.44. The Bertz CT molecular complexity index is 661. The fraction of sp³-hybridized carbons (Fsp3) is 0.588. The molecule has 1 aromatic rings. The predicted octanol–water partition coefficient (Wildman–Crippen LogP) is 1.39. The number of halogens is 1. The molecule has 2 N–H and O–H groups in total. The van der Waals surface area contributed by atoms with Gasteiger partial charge in [-0.1, -0.05) is 0 Å². The number of carbonyl (C=O) groups is 1. The highest BCUT2D eigenvalue weighted by Crippen LogP contribution is 2.16. The summed E-state index contributed by atoms with van der Waals surface area (Å²) < 4.78 is 32.3. The van der Waals surface area contributed by atoms with E-state index < -0.39 is 10.0 Å². The van der Waals surface area contributed by atoms with E-state index in [0.717, 1.165) is 25.9 Å². The van der Waals surface area contributed by atoms with Gasteiger partial charge >= 0.3 is 0 Å². The average Bonchev–Trinajstić information content (AvgIpc) is 2.62. The number of rotatable bonds is 8. The van der Waals surface area contributed by atoms with Crippen LogP contribution in [0.5, 0.6) is 5.75 Å². The minimum Gasteiger partial charge on any atom is -0.494 e. The van der Waals surface area contributed by atoms with Gasteiger partial charge < -0.3 is 15.0 Å². The molecule has 0 bridgehead atoms. The Labute approximate surface area is 161 Å². The summed E-state index contributed by atoms with van der Waals surface area (Å²) in [7, 11) is -1.83. The van der Waals surface area contributed by atoms with Gasteiger partial charge in [-0.25, -0.2) is 13.1 Å². The number of hydrogen-bond donors (Lipinski definition) is 2. The van der Waals surface area contributed by atoms with Gasteiger partial charge in [0, 0.05) is 26.1 Å². The third kappa shape index (κ3) is 6.42. The largest absolute Gasteiger partial charge is 0.494 e. The molecule has 1 heterocycles. The zero-order valence-corrected chi connectivity index (χ0v) is 16.9. The maximum absolute atomic E-state index is 12.3. The maximum Gasteiger partial charge on any atom is 0.240 e. The van der Waals surface area contributed by atoms with Crippen LogP contribution >= 0.6 is 12.4 Å². The van der Waals surface area contributed by atoms with E-state index in [4.69, 9.17) is 4.74 Å². The van der Waals surface area contributed by atoms with Crippen LogP contribution in [0.25, 0.3) is 0 Å². The second-order valence-corrected chi connectivity index (χ2v) is 7.80. The Kier molecular flexibility index (Phi) is 9.35. The number of hydrogen-bond acceptors (Lipinski definition) is 5. The molecular formula is C17H28ClN3O4S. The Hall–Kier alpha value is -1.35. The number of nitrogens with zero attached hydrogens (tertiary/aromatic N) is 1. The molecule has 0 atom stereocenters. The normalized spacial score (nSPS) is 15.2. The number of benzene rings is 1. The van der Waals surface area contributed by atoms with Gasteiger partial charge in [0.25, 0.3) is 0 Å². The van der Waals surface area contributed by atoms with Crippen LogP contribution in [0.15, 0.2) is 29.2 Å². The Morgan fingerprint density at radius 3 is 2.46 bits per heavy atom. The molecule has 2 rings (SSSR count). The van der Waals surface area contributed by atoms with Crippen molar-refractivity contribution in [2.24, 2.45) is 0 Å². The van der Waals surface area contributed by atoms with E-state index in [1.165, 1.54) is 12.1 Å². The van der Waals surface area contributed by atoms with Crippen LogP contribution < -0.4 is 14.8 Å². The van der Waals surface area contributed by atoms with Crippen LogP contribution in [-0.4, -0.2) is 58.6 Å². The molecule has 1 aromatic carbocycles. The van der Waals surface area contributed by atoms with Crippen LogP contribution in [0.4, 0.5) is 0 Å². The van der Waals surface area contributed by atoms with E-state index in [-0.39, 0.29) is 42.2 Å². The van der Waals surface area contributed by atoms with Crippen LogP contribution in [-0.2, 0) is 14.8 Å². The van der Waals surface area contributed by atoms with E-state index in [9.17, 15) is 13.2 Å². The van der Waals surface area contributed by atoms with E-state index in [1.54, 1.807) is 24.1 Å². The lowest BCUT2D eigenvalue weighted by molar-refractivity contribution is -0.132. The molecule has 0 radical (unpaired) electrons. The van der Waals surface area contributed by atoms with Gasteiger partial charge in [0.1, 0.15) is 5.75 Å². The molecule has 0 aliphatic carbocycles. The summed E-state index contributed by atoms with van der Waals surface area (Å²) >= 11 is 0. The number of amides is 1. The fourth-order valence-electron chi connectivity index (χ4n) is 2.83. The summed E-state index contributed by atoms with van der Waals surface area (Å²) in [6, 6.07) is 6.46. The first-order chi connectivity index (χ1) is 11.9. The van der Waals surface area contributed by atoms with Gasteiger partial charge in [0.2, 0.25) is 15.9 Å². The summed E-state index contributed by atoms with van der Waals surface area (Å²) in [5, 5.41) is 3.26. The standard InChI is InChI=1S/C17H27N3O4S.ClH/c1-3-24-15-4-6-16(7-5-15)25(22,23)19-13-10-17(21)20(2)14-8-11-18-12-9-14;/h4-7,14,18-19H,3,8-13H2,1-2H3;1H. The minimum atomic E-state index is -3.62.